The van der Waals surface area contributed by atoms with Crippen LogP contribution in [-0.4, -0.2) is 30.1 Å². The first-order valence-electron chi connectivity index (χ1n) is 7.33. The molecule has 0 N–H and O–H groups in total. The zero-order valence-corrected chi connectivity index (χ0v) is 12.9. The second-order valence-electron chi connectivity index (χ2n) is 5.47. The van der Waals surface area contributed by atoms with E-state index in [9.17, 15) is 9.59 Å². The number of carbonyl (C=O) groups is 2. The van der Waals surface area contributed by atoms with Gasteiger partial charge in [0, 0.05) is 7.05 Å². The van der Waals surface area contributed by atoms with E-state index >= 15 is 0 Å². The molecule has 1 aliphatic heterocycles. The van der Waals surface area contributed by atoms with Gasteiger partial charge >= 0.3 is 6.09 Å². The van der Waals surface area contributed by atoms with Gasteiger partial charge in [-0.2, -0.15) is 0 Å². The maximum absolute atomic E-state index is 12.1. The molecule has 1 aromatic carbocycles. The highest BCUT2D eigenvalue weighted by Gasteiger charge is 2.43. The quantitative estimate of drug-likeness (QED) is 0.805. The van der Waals surface area contributed by atoms with Crippen molar-refractivity contribution in [3.63, 3.8) is 0 Å². The van der Waals surface area contributed by atoms with Crippen molar-refractivity contribution in [3.05, 3.63) is 66.0 Å². The molecule has 1 aromatic rings. The van der Waals surface area contributed by atoms with Crippen molar-refractivity contribution in [1.82, 2.24) is 4.90 Å². The Morgan fingerprint density at radius 3 is 2.70 bits per heavy atom. The first-order valence-corrected chi connectivity index (χ1v) is 7.33. The van der Waals surface area contributed by atoms with Crippen molar-refractivity contribution < 1.29 is 19.1 Å². The molecule has 1 heterocycles. The third kappa shape index (κ3) is 2.90. The molecule has 1 fully saturated rings. The van der Waals surface area contributed by atoms with Gasteiger partial charge in [-0.05, 0) is 24.1 Å². The predicted octanol–water partition coefficient (Wildman–Crippen LogP) is 2.98. The third-order valence-corrected chi connectivity index (χ3v) is 3.92. The lowest BCUT2D eigenvalue weighted by atomic mass is 9.90. The fraction of sp³-hybridized carbons (Fsp3) is 0.222. The average Bonchev–Trinajstić information content (AvgIpc) is 2.82. The minimum atomic E-state index is -0.847. The van der Waals surface area contributed by atoms with E-state index in [2.05, 4.69) is 0 Å². The van der Waals surface area contributed by atoms with Gasteiger partial charge < -0.3 is 9.47 Å². The van der Waals surface area contributed by atoms with E-state index in [-0.39, 0.29) is 11.8 Å². The summed E-state index contributed by atoms with van der Waals surface area (Å²) in [6.45, 7) is 1.96. The number of benzene rings is 1. The van der Waals surface area contributed by atoms with Crippen molar-refractivity contribution in [3.8, 4) is 5.75 Å². The molecule has 0 bridgehead atoms. The monoisotopic (exact) mass is 311 g/mol. The summed E-state index contributed by atoms with van der Waals surface area (Å²) in [6, 6.07) is 7.66. The van der Waals surface area contributed by atoms with Crippen LogP contribution in [0.15, 0.2) is 60.4 Å². The number of amides is 2. The van der Waals surface area contributed by atoms with Crippen LogP contribution in [0, 0.1) is 12.8 Å². The fourth-order valence-corrected chi connectivity index (χ4v) is 2.53. The van der Waals surface area contributed by atoms with Crippen LogP contribution in [0.3, 0.4) is 0 Å². The number of hydrogen-bond donors (Lipinski definition) is 0. The van der Waals surface area contributed by atoms with Crippen LogP contribution in [0.5, 0.6) is 5.75 Å². The summed E-state index contributed by atoms with van der Waals surface area (Å²) >= 11 is 0. The van der Waals surface area contributed by atoms with Crippen LogP contribution in [-0.2, 0) is 9.53 Å². The van der Waals surface area contributed by atoms with Gasteiger partial charge in [-0.15, -0.1) is 0 Å². The second-order valence-corrected chi connectivity index (χ2v) is 5.47. The number of para-hydroxylation sites is 1. The van der Waals surface area contributed by atoms with Gasteiger partial charge in [-0.1, -0.05) is 42.5 Å². The fourth-order valence-electron chi connectivity index (χ4n) is 2.53. The predicted molar refractivity (Wildman–Crippen MR) is 84.7 cm³/mol. The number of nitrogens with zero attached hydrogens (tertiary/aromatic N) is 1. The third-order valence-electron chi connectivity index (χ3n) is 3.92. The Hall–Kier alpha value is -2.82. The average molecular weight is 311 g/mol. The molecule has 1 aliphatic carbocycles. The molecule has 0 radical (unpaired) electrons. The molecule has 2 atom stereocenters. The number of allylic oxidation sites excluding steroid dienone is 3. The van der Waals surface area contributed by atoms with Gasteiger partial charge in [-0.25, -0.2) is 9.69 Å². The summed E-state index contributed by atoms with van der Waals surface area (Å²) in [5.41, 5.74) is 1.79. The molecule has 5 heteroatoms. The van der Waals surface area contributed by atoms with Crippen molar-refractivity contribution >= 4 is 12.0 Å². The molecule has 2 unspecified atom stereocenters. The van der Waals surface area contributed by atoms with Crippen LogP contribution in [0.2, 0.25) is 0 Å². The van der Waals surface area contributed by atoms with E-state index in [0.29, 0.717) is 0 Å². The molecule has 1 saturated heterocycles. The van der Waals surface area contributed by atoms with Crippen LogP contribution >= 0.6 is 0 Å². The highest BCUT2D eigenvalue weighted by Crippen LogP contribution is 2.29. The summed E-state index contributed by atoms with van der Waals surface area (Å²) in [5.74, 6) is 0.0423. The SMILES string of the molecule is Cc1ccccc1OC=C1C=CC=CC1C1OC(=O)N(C)C1=O. The first-order chi connectivity index (χ1) is 11.1. The van der Waals surface area contributed by atoms with E-state index in [1.54, 1.807) is 6.26 Å². The molecule has 0 spiro atoms. The van der Waals surface area contributed by atoms with Gasteiger partial charge in [0.05, 0.1) is 12.2 Å². The highest BCUT2D eigenvalue weighted by atomic mass is 16.6. The summed E-state index contributed by atoms with van der Waals surface area (Å²) in [7, 11) is 1.42. The van der Waals surface area contributed by atoms with Crippen molar-refractivity contribution in [2.45, 2.75) is 13.0 Å². The Kier molecular flexibility index (Phi) is 4.02. The van der Waals surface area contributed by atoms with Gasteiger partial charge in [0.1, 0.15) is 5.75 Å². The molecular formula is C18H17NO4. The lowest BCUT2D eigenvalue weighted by Gasteiger charge is -2.20. The first kappa shape index (κ1) is 15.1. The van der Waals surface area contributed by atoms with Gasteiger partial charge in [-0.3, -0.25) is 4.79 Å². The van der Waals surface area contributed by atoms with E-state index < -0.39 is 12.2 Å². The smallest absolute Gasteiger partial charge is 0.417 e. The Labute approximate surface area is 134 Å². The number of aryl methyl sites for hydroxylation is 1. The molecule has 23 heavy (non-hydrogen) atoms. The Morgan fingerprint density at radius 2 is 2.00 bits per heavy atom. The van der Waals surface area contributed by atoms with Crippen molar-refractivity contribution in [2.75, 3.05) is 7.05 Å². The molecule has 2 aliphatic rings. The lowest BCUT2D eigenvalue weighted by molar-refractivity contribution is -0.129. The zero-order chi connectivity index (χ0) is 16.4. The largest absolute Gasteiger partial charge is 0.464 e. The van der Waals surface area contributed by atoms with E-state index in [0.717, 1.165) is 21.8 Å². The molecular weight excluding hydrogens is 294 g/mol. The van der Waals surface area contributed by atoms with Crippen molar-refractivity contribution in [1.29, 1.82) is 0 Å². The van der Waals surface area contributed by atoms with Gasteiger partial charge in [0.15, 0.2) is 6.10 Å². The van der Waals surface area contributed by atoms with E-state index in [1.165, 1.54) is 7.05 Å². The standard InChI is InChI=1S/C18H17NO4/c1-12-7-3-6-10-15(12)22-11-13-8-4-5-9-14(13)16-17(20)19(2)18(21)23-16/h3-11,14,16H,1-2H3. The molecule has 3 rings (SSSR count). The van der Waals surface area contributed by atoms with Crippen LogP contribution in [0.4, 0.5) is 4.79 Å². The molecule has 118 valence electrons. The minimum absolute atomic E-state index is 0.346. The maximum Gasteiger partial charge on any atom is 0.417 e. The molecule has 2 amide bonds. The van der Waals surface area contributed by atoms with Gasteiger partial charge in [0.2, 0.25) is 0 Å². The number of likely N-dealkylation sites (N-methyl/N-ethyl adjacent to an activating group) is 1. The maximum atomic E-state index is 12.1. The van der Waals surface area contributed by atoms with E-state index in [1.807, 2.05) is 55.5 Å². The Bertz CT molecular complexity index is 732. The van der Waals surface area contributed by atoms with Gasteiger partial charge in [0.25, 0.3) is 5.91 Å². The van der Waals surface area contributed by atoms with Crippen LogP contribution in [0.1, 0.15) is 5.56 Å². The molecule has 0 aromatic heterocycles. The number of ether oxygens (including phenoxy) is 2. The van der Waals surface area contributed by atoms with Crippen LogP contribution in [0.25, 0.3) is 0 Å². The Balaban J connectivity index is 1.83. The molecule has 0 saturated carbocycles. The van der Waals surface area contributed by atoms with Crippen LogP contribution < -0.4 is 4.74 Å². The number of rotatable bonds is 3. The number of carbonyl (C=O) groups excluding carboxylic acids is 2. The highest BCUT2D eigenvalue weighted by molar-refractivity contribution is 6.00. The number of cyclic esters (lactones) is 1. The topological polar surface area (TPSA) is 55.8 Å². The van der Waals surface area contributed by atoms with Crippen molar-refractivity contribution in [2.24, 2.45) is 5.92 Å². The second kappa shape index (κ2) is 6.12. The zero-order valence-electron chi connectivity index (χ0n) is 12.9. The summed E-state index contributed by atoms with van der Waals surface area (Å²) in [6.07, 6.45) is 7.50. The summed E-state index contributed by atoms with van der Waals surface area (Å²) in [4.78, 5) is 24.7. The van der Waals surface area contributed by atoms with E-state index in [4.69, 9.17) is 9.47 Å². The summed E-state index contributed by atoms with van der Waals surface area (Å²) < 4.78 is 10.9. The number of imide groups is 1. The lowest BCUT2D eigenvalue weighted by Crippen LogP contribution is -2.32. The normalized spacial score (nSPS) is 25.1. The minimum Gasteiger partial charge on any atom is -0.464 e. The molecule has 5 nitrogen and oxygen atoms in total. The number of hydrogen-bond acceptors (Lipinski definition) is 4. The summed E-state index contributed by atoms with van der Waals surface area (Å²) in [5, 5.41) is 0. The Morgan fingerprint density at radius 1 is 1.22 bits per heavy atom.